The van der Waals surface area contributed by atoms with E-state index in [4.69, 9.17) is 4.74 Å². The molecule has 0 bridgehead atoms. The van der Waals surface area contributed by atoms with Crippen molar-refractivity contribution in [2.75, 3.05) is 26.2 Å². The van der Waals surface area contributed by atoms with Gasteiger partial charge in [-0.1, -0.05) is 208 Å². The first-order valence-electron chi connectivity index (χ1n) is 22.7. The number of hydrogen-bond acceptors (Lipinski definition) is 4. The maximum absolute atomic E-state index is 12.7. The van der Waals surface area contributed by atoms with E-state index in [1.165, 1.54) is 199 Å². The molecule has 0 aromatic heterocycles. The van der Waals surface area contributed by atoms with Gasteiger partial charge in [-0.25, -0.2) is 0 Å². The molecule has 1 N–H and O–H groups in total. The number of unbranched alkanes of at least 4 members (excludes halogenated alkanes) is 29. The average Bonchev–Trinajstić information content (AvgIpc) is 3.10. The van der Waals surface area contributed by atoms with Gasteiger partial charge in [0, 0.05) is 13.0 Å². The quantitative estimate of drug-likeness (QED) is 0.0506. The van der Waals surface area contributed by atoms with Crippen LogP contribution < -0.4 is 0 Å². The molecule has 0 radical (unpaired) electrons. The Bertz CT molecular complexity index is 611. The van der Waals surface area contributed by atoms with E-state index >= 15 is 0 Å². The number of nitrogens with zero attached hydrogens (tertiary/aromatic N) is 1. The highest BCUT2D eigenvalue weighted by atomic mass is 16.5. The van der Waals surface area contributed by atoms with Crippen LogP contribution in [0.4, 0.5) is 0 Å². The van der Waals surface area contributed by atoms with Crippen LogP contribution in [0.5, 0.6) is 0 Å². The van der Waals surface area contributed by atoms with Crippen molar-refractivity contribution in [1.82, 2.24) is 4.90 Å². The van der Waals surface area contributed by atoms with Crippen LogP contribution in [0.1, 0.15) is 259 Å². The lowest BCUT2D eigenvalue weighted by molar-refractivity contribution is -0.150. The lowest BCUT2D eigenvalue weighted by Gasteiger charge is -2.21. The Morgan fingerprint density at radius 3 is 1.08 bits per heavy atom. The molecule has 0 heterocycles. The predicted octanol–water partition coefficient (Wildman–Crippen LogP) is 14.9. The van der Waals surface area contributed by atoms with Crippen molar-refractivity contribution in [1.29, 1.82) is 0 Å². The zero-order valence-corrected chi connectivity index (χ0v) is 34.1. The van der Waals surface area contributed by atoms with Gasteiger partial charge in [-0.2, -0.15) is 0 Å². The molecule has 50 heavy (non-hydrogen) atoms. The Balaban J connectivity index is 0. The summed E-state index contributed by atoms with van der Waals surface area (Å²) in [4.78, 5) is 15.2. The smallest absolute Gasteiger partial charge is 0.306 e. The summed E-state index contributed by atoms with van der Waals surface area (Å²) in [6.07, 6.45) is 46.6. The number of carbonyl (C=O) groups is 1. The van der Waals surface area contributed by atoms with Crippen LogP contribution in [-0.4, -0.2) is 48.3 Å². The second kappa shape index (κ2) is 44.6. The lowest BCUT2D eigenvalue weighted by Crippen LogP contribution is -2.29. The van der Waals surface area contributed by atoms with E-state index in [1.807, 2.05) is 0 Å². The van der Waals surface area contributed by atoms with Gasteiger partial charge in [0.05, 0.1) is 6.61 Å². The zero-order valence-electron chi connectivity index (χ0n) is 34.1. The highest BCUT2D eigenvalue weighted by molar-refractivity contribution is 5.69. The van der Waals surface area contributed by atoms with Crippen molar-refractivity contribution < 1.29 is 14.6 Å². The predicted molar refractivity (Wildman–Crippen MR) is 223 cm³/mol. The first-order valence-corrected chi connectivity index (χ1v) is 22.7. The maximum atomic E-state index is 12.7. The number of aliphatic hydroxyl groups excluding tert-OH is 1. The van der Waals surface area contributed by atoms with Gasteiger partial charge < -0.3 is 14.7 Å². The molecule has 0 spiro atoms. The molecule has 4 nitrogen and oxygen atoms in total. The van der Waals surface area contributed by atoms with Gasteiger partial charge in [-0.3, -0.25) is 4.79 Å². The minimum Gasteiger partial charge on any atom is -0.462 e. The normalized spacial score (nSPS) is 11.5. The van der Waals surface area contributed by atoms with Crippen molar-refractivity contribution in [2.24, 2.45) is 0 Å². The summed E-state index contributed by atoms with van der Waals surface area (Å²) in [6, 6.07) is 0. The van der Waals surface area contributed by atoms with Crippen LogP contribution in [0.3, 0.4) is 0 Å². The molecule has 0 fully saturated rings. The van der Waals surface area contributed by atoms with E-state index in [9.17, 15) is 9.90 Å². The lowest BCUT2D eigenvalue weighted by atomic mass is 10.0. The van der Waals surface area contributed by atoms with Crippen molar-refractivity contribution in [3.8, 4) is 0 Å². The molecule has 302 valence electrons. The topological polar surface area (TPSA) is 49.8 Å². The number of esters is 1. The van der Waals surface area contributed by atoms with Crippen molar-refractivity contribution in [3.05, 3.63) is 0 Å². The molecule has 0 aliphatic rings. The highest BCUT2D eigenvalue weighted by Gasteiger charge is 2.14. The summed E-state index contributed by atoms with van der Waals surface area (Å²) in [7, 11) is 0. The standard InChI is InChI=1S/C45H91NO3.CH4/c1-4-7-10-13-16-17-18-19-20-21-22-23-24-25-30-35-40-46(42-43-47)41-36-31-26-29-34-39-45(48)49-44(37-32-27-14-11-8-5-2)38-33-28-15-12-9-6-3;/h44,47H,4-43H2,1-3H3;1H4. The second-order valence-electron chi connectivity index (χ2n) is 15.6. The van der Waals surface area contributed by atoms with Gasteiger partial charge in [-0.05, 0) is 58.0 Å². The molecular formula is C46H95NO3. The number of carbonyl (C=O) groups excluding carboxylic acids is 1. The molecule has 0 aliphatic heterocycles. The van der Waals surface area contributed by atoms with Crippen molar-refractivity contribution in [2.45, 2.75) is 265 Å². The second-order valence-corrected chi connectivity index (χ2v) is 15.6. The zero-order chi connectivity index (χ0) is 35.7. The van der Waals surface area contributed by atoms with E-state index in [1.54, 1.807) is 0 Å². The first-order chi connectivity index (χ1) is 24.2. The number of rotatable bonds is 42. The first kappa shape index (κ1) is 51.5. The molecule has 0 saturated heterocycles. The van der Waals surface area contributed by atoms with Crippen molar-refractivity contribution >= 4 is 5.97 Å². The molecule has 0 rings (SSSR count). The molecule has 0 aromatic carbocycles. The minimum atomic E-state index is 0. The number of aliphatic hydroxyl groups is 1. The van der Waals surface area contributed by atoms with Gasteiger partial charge in [0.2, 0.25) is 0 Å². The van der Waals surface area contributed by atoms with E-state index in [2.05, 4.69) is 25.7 Å². The van der Waals surface area contributed by atoms with Crippen LogP contribution in [0.2, 0.25) is 0 Å². The summed E-state index contributed by atoms with van der Waals surface area (Å²) < 4.78 is 6.03. The van der Waals surface area contributed by atoms with Gasteiger partial charge in [0.15, 0.2) is 0 Å². The fourth-order valence-electron chi connectivity index (χ4n) is 7.31. The number of ether oxygens (including phenoxy) is 1. The van der Waals surface area contributed by atoms with Gasteiger partial charge in [-0.15, -0.1) is 0 Å². The summed E-state index contributed by atoms with van der Waals surface area (Å²) >= 11 is 0. The molecule has 0 aliphatic carbocycles. The Morgan fingerprint density at radius 2 is 0.740 bits per heavy atom. The third-order valence-electron chi connectivity index (χ3n) is 10.7. The molecule has 0 amide bonds. The fourth-order valence-corrected chi connectivity index (χ4v) is 7.31. The van der Waals surface area contributed by atoms with Crippen LogP contribution in [0.25, 0.3) is 0 Å². The number of hydrogen-bond donors (Lipinski definition) is 1. The monoisotopic (exact) mass is 710 g/mol. The Kier molecular flexibility index (Phi) is 45.9. The Morgan fingerprint density at radius 1 is 0.440 bits per heavy atom. The van der Waals surface area contributed by atoms with Gasteiger partial charge in [0.1, 0.15) is 6.10 Å². The van der Waals surface area contributed by atoms with Crippen molar-refractivity contribution in [3.63, 3.8) is 0 Å². The third kappa shape index (κ3) is 40.2. The molecule has 4 heteroatoms. The van der Waals surface area contributed by atoms with E-state index in [0.29, 0.717) is 6.42 Å². The maximum Gasteiger partial charge on any atom is 0.306 e. The van der Waals surface area contributed by atoms with Crippen LogP contribution >= 0.6 is 0 Å². The SMILES string of the molecule is C.CCCCCCCCCCCCCCCCCCN(CCO)CCCCCCCC(=O)OC(CCCCCCCC)CCCCCCCC. The van der Waals surface area contributed by atoms with E-state index in [-0.39, 0.29) is 26.1 Å². The Labute approximate surface area is 316 Å². The summed E-state index contributed by atoms with van der Waals surface area (Å²) in [6.45, 7) is 10.1. The van der Waals surface area contributed by atoms with E-state index in [0.717, 1.165) is 45.3 Å². The largest absolute Gasteiger partial charge is 0.462 e. The van der Waals surface area contributed by atoms with Crippen LogP contribution in [0.15, 0.2) is 0 Å². The third-order valence-corrected chi connectivity index (χ3v) is 10.7. The molecule has 0 aromatic rings. The van der Waals surface area contributed by atoms with Crippen LogP contribution in [0, 0.1) is 0 Å². The van der Waals surface area contributed by atoms with Gasteiger partial charge in [0.25, 0.3) is 0 Å². The molecule has 0 unspecified atom stereocenters. The minimum absolute atomic E-state index is 0. The molecule has 0 saturated carbocycles. The molecular weight excluding hydrogens is 615 g/mol. The highest BCUT2D eigenvalue weighted by Crippen LogP contribution is 2.19. The summed E-state index contributed by atoms with van der Waals surface area (Å²) in [5, 5.41) is 9.56. The molecule has 0 atom stereocenters. The van der Waals surface area contributed by atoms with Gasteiger partial charge >= 0.3 is 5.97 Å². The summed E-state index contributed by atoms with van der Waals surface area (Å²) in [5.74, 6) is 0.0369. The Hall–Kier alpha value is -0.610. The van der Waals surface area contributed by atoms with E-state index < -0.39 is 0 Å². The summed E-state index contributed by atoms with van der Waals surface area (Å²) in [5.41, 5.74) is 0. The average molecular weight is 710 g/mol. The fraction of sp³-hybridized carbons (Fsp3) is 0.978. The van der Waals surface area contributed by atoms with Crippen LogP contribution in [-0.2, 0) is 9.53 Å².